The maximum absolute atomic E-state index is 13.1. The molecule has 192 valence electrons. The van der Waals surface area contributed by atoms with Crippen LogP contribution in [0.15, 0.2) is 75.1 Å². The van der Waals surface area contributed by atoms with Gasteiger partial charge >= 0.3 is 5.97 Å². The van der Waals surface area contributed by atoms with Gasteiger partial charge in [-0.3, -0.25) is 4.79 Å². The van der Waals surface area contributed by atoms with Crippen LogP contribution in [0.4, 0.5) is 5.00 Å². The molecule has 0 aliphatic carbocycles. The summed E-state index contributed by atoms with van der Waals surface area (Å²) in [7, 11) is 0. The lowest BCUT2D eigenvalue weighted by atomic mass is 10.0. The van der Waals surface area contributed by atoms with Crippen LogP contribution in [-0.2, 0) is 9.53 Å². The fourth-order valence-electron chi connectivity index (χ4n) is 3.90. The SMILES string of the molecule is CCOC(=O)c1c(-c2ccc(C)cc2)csc1NC(=O)CSc1ncnc2scc(-c3ccc(Br)cc3)c12. The molecule has 3 aromatic heterocycles. The van der Waals surface area contributed by atoms with Crippen LogP contribution in [0.3, 0.4) is 0 Å². The Morgan fingerprint density at radius 3 is 2.39 bits per heavy atom. The average Bonchev–Trinajstić information content (AvgIpc) is 3.53. The molecule has 0 spiro atoms. The Kier molecular flexibility index (Phi) is 8.23. The highest BCUT2D eigenvalue weighted by Crippen LogP contribution is 2.39. The normalized spacial score (nSPS) is 11.0. The van der Waals surface area contributed by atoms with Gasteiger partial charge in [-0.2, -0.15) is 0 Å². The molecule has 0 unspecified atom stereocenters. The first-order valence-corrected chi connectivity index (χ1v) is 15.2. The van der Waals surface area contributed by atoms with Crippen LogP contribution in [0, 0.1) is 6.92 Å². The van der Waals surface area contributed by atoms with Crippen molar-refractivity contribution in [3.63, 3.8) is 0 Å². The summed E-state index contributed by atoms with van der Waals surface area (Å²) in [5.74, 6) is -0.561. The van der Waals surface area contributed by atoms with Crippen molar-refractivity contribution in [2.75, 3.05) is 17.7 Å². The lowest BCUT2D eigenvalue weighted by molar-refractivity contribution is -0.113. The third kappa shape index (κ3) is 5.68. The van der Waals surface area contributed by atoms with E-state index in [2.05, 4.69) is 36.6 Å². The predicted molar refractivity (Wildman–Crippen MR) is 160 cm³/mol. The highest BCUT2D eigenvalue weighted by atomic mass is 79.9. The fourth-order valence-corrected chi connectivity index (χ4v) is 6.93. The molecular formula is C28H22BrN3O3S3. The first kappa shape index (κ1) is 26.6. The Hall–Kier alpha value is -3.05. The number of benzene rings is 2. The van der Waals surface area contributed by atoms with Gasteiger partial charge in [0.2, 0.25) is 5.91 Å². The summed E-state index contributed by atoms with van der Waals surface area (Å²) in [6.45, 7) is 4.02. The number of carbonyl (C=O) groups is 2. The first-order valence-electron chi connectivity index (χ1n) is 11.7. The van der Waals surface area contributed by atoms with Gasteiger partial charge in [-0.1, -0.05) is 69.7 Å². The van der Waals surface area contributed by atoms with E-state index in [9.17, 15) is 9.59 Å². The van der Waals surface area contributed by atoms with E-state index in [1.807, 2.05) is 60.8 Å². The molecule has 1 N–H and O–H groups in total. The minimum Gasteiger partial charge on any atom is -0.462 e. The summed E-state index contributed by atoms with van der Waals surface area (Å²) in [6.07, 6.45) is 1.52. The van der Waals surface area contributed by atoms with Crippen molar-refractivity contribution in [2.45, 2.75) is 18.9 Å². The molecule has 5 aromatic rings. The third-order valence-corrected chi connectivity index (χ3v) is 9.02. The molecule has 0 radical (unpaired) electrons. The number of ether oxygens (including phenoxy) is 1. The van der Waals surface area contributed by atoms with Crippen molar-refractivity contribution in [1.82, 2.24) is 9.97 Å². The number of hydrogen-bond donors (Lipinski definition) is 1. The van der Waals surface area contributed by atoms with Crippen molar-refractivity contribution >= 4 is 77.5 Å². The highest BCUT2D eigenvalue weighted by molar-refractivity contribution is 9.10. The number of carbonyl (C=O) groups excluding carboxylic acids is 2. The molecule has 38 heavy (non-hydrogen) atoms. The van der Waals surface area contributed by atoms with Crippen molar-refractivity contribution in [3.8, 4) is 22.3 Å². The Bertz CT molecular complexity index is 1610. The van der Waals surface area contributed by atoms with Crippen LogP contribution in [0.25, 0.3) is 32.5 Å². The molecule has 0 atom stereocenters. The molecule has 2 aromatic carbocycles. The summed E-state index contributed by atoms with van der Waals surface area (Å²) >= 11 is 7.69. The quantitative estimate of drug-likeness (QED) is 0.107. The van der Waals surface area contributed by atoms with Crippen LogP contribution < -0.4 is 5.32 Å². The van der Waals surface area contributed by atoms with Gasteiger partial charge in [0.05, 0.1) is 17.7 Å². The second-order valence-corrected chi connectivity index (χ2v) is 11.9. The van der Waals surface area contributed by atoms with Crippen LogP contribution in [0.5, 0.6) is 0 Å². The standard InChI is InChI=1S/C28H22BrN3O3S3/c1-3-35-28(34)24-21(17-6-4-16(2)5-7-17)13-37-27(24)32-22(33)14-38-26-23-20(12-36-25(23)30-15-31-26)18-8-10-19(29)11-9-18/h4-13,15H,3,14H2,1-2H3,(H,32,33). The molecule has 6 nitrogen and oxygen atoms in total. The Labute approximate surface area is 240 Å². The number of hydrogen-bond acceptors (Lipinski definition) is 8. The van der Waals surface area contributed by atoms with Gasteiger partial charge in [-0.25, -0.2) is 14.8 Å². The van der Waals surface area contributed by atoms with Crippen molar-refractivity contribution < 1.29 is 14.3 Å². The van der Waals surface area contributed by atoms with Crippen LogP contribution in [0.2, 0.25) is 0 Å². The zero-order valence-corrected chi connectivity index (χ0v) is 24.5. The summed E-state index contributed by atoms with van der Waals surface area (Å²) in [5.41, 5.74) is 5.23. The van der Waals surface area contributed by atoms with Gasteiger partial charge in [0.15, 0.2) is 0 Å². The van der Waals surface area contributed by atoms with Crippen LogP contribution in [0.1, 0.15) is 22.8 Å². The minimum absolute atomic E-state index is 0.127. The van der Waals surface area contributed by atoms with E-state index < -0.39 is 5.97 Å². The van der Waals surface area contributed by atoms with Gasteiger partial charge in [-0.15, -0.1) is 22.7 Å². The number of aryl methyl sites for hydroxylation is 1. The maximum atomic E-state index is 13.1. The van der Waals surface area contributed by atoms with Crippen LogP contribution in [-0.4, -0.2) is 34.2 Å². The van der Waals surface area contributed by atoms with E-state index in [0.29, 0.717) is 10.6 Å². The van der Waals surface area contributed by atoms with E-state index in [0.717, 1.165) is 47.5 Å². The molecule has 10 heteroatoms. The Balaban J connectivity index is 1.38. The smallest absolute Gasteiger partial charge is 0.341 e. The number of halogens is 1. The number of thiophene rings is 2. The van der Waals surface area contributed by atoms with E-state index in [-0.39, 0.29) is 18.3 Å². The average molecular weight is 625 g/mol. The van der Waals surface area contributed by atoms with Gasteiger partial charge < -0.3 is 10.1 Å². The number of thioether (sulfide) groups is 1. The molecule has 1 amide bonds. The zero-order chi connectivity index (χ0) is 26.6. The first-order chi connectivity index (χ1) is 18.4. The Morgan fingerprint density at radius 1 is 0.974 bits per heavy atom. The molecule has 0 aliphatic heterocycles. The van der Waals surface area contributed by atoms with E-state index in [1.54, 1.807) is 18.3 Å². The highest BCUT2D eigenvalue weighted by Gasteiger charge is 2.23. The van der Waals surface area contributed by atoms with Gasteiger partial charge in [0, 0.05) is 26.4 Å². The van der Waals surface area contributed by atoms with Gasteiger partial charge in [-0.05, 0) is 37.1 Å². The molecule has 0 saturated heterocycles. The lowest BCUT2D eigenvalue weighted by Gasteiger charge is -2.09. The number of nitrogens with zero attached hydrogens (tertiary/aromatic N) is 2. The number of esters is 1. The molecule has 0 fully saturated rings. The number of anilines is 1. The second-order valence-electron chi connectivity index (χ2n) is 8.29. The van der Waals surface area contributed by atoms with E-state index >= 15 is 0 Å². The molecule has 0 bridgehead atoms. The summed E-state index contributed by atoms with van der Waals surface area (Å²) in [6, 6.07) is 16.0. The van der Waals surface area contributed by atoms with Gasteiger partial charge in [0.1, 0.15) is 26.7 Å². The molecule has 0 saturated carbocycles. The van der Waals surface area contributed by atoms with Crippen molar-refractivity contribution in [3.05, 3.63) is 81.2 Å². The second kappa shape index (κ2) is 11.8. The number of rotatable bonds is 8. The van der Waals surface area contributed by atoms with Crippen molar-refractivity contribution in [2.24, 2.45) is 0 Å². The van der Waals surface area contributed by atoms with Crippen molar-refractivity contribution in [1.29, 1.82) is 0 Å². The molecular weight excluding hydrogens is 602 g/mol. The largest absolute Gasteiger partial charge is 0.462 e. The van der Waals surface area contributed by atoms with Crippen LogP contribution >= 0.6 is 50.4 Å². The topological polar surface area (TPSA) is 81.2 Å². The Morgan fingerprint density at radius 2 is 1.66 bits per heavy atom. The molecule has 5 rings (SSSR count). The van der Waals surface area contributed by atoms with E-state index in [4.69, 9.17) is 4.74 Å². The monoisotopic (exact) mass is 623 g/mol. The summed E-state index contributed by atoms with van der Waals surface area (Å²) in [4.78, 5) is 35.7. The lowest BCUT2D eigenvalue weighted by Crippen LogP contribution is -2.16. The third-order valence-electron chi connectivity index (χ3n) is 5.72. The number of nitrogens with one attached hydrogen (secondary N) is 1. The maximum Gasteiger partial charge on any atom is 0.341 e. The summed E-state index contributed by atoms with van der Waals surface area (Å²) in [5, 5.41) is 9.02. The predicted octanol–water partition coefficient (Wildman–Crippen LogP) is 8.07. The minimum atomic E-state index is -0.456. The van der Waals surface area contributed by atoms with E-state index in [1.165, 1.54) is 29.4 Å². The fraction of sp³-hybridized carbons (Fsp3) is 0.143. The summed E-state index contributed by atoms with van der Waals surface area (Å²) < 4.78 is 6.32. The molecule has 3 heterocycles. The zero-order valence-electron chi connectivity index (χ0n) is 20.5. The number of fused-ring (bicyclic) bond motifs is 1. The number of aromatic nitrogens is 2. The number of amides is 1. The molecule has 0 aliphatic rings. The van der Waals surface area contributed by atoms with Gasteiger partial charge in [0.25, 0.3) is 0 Å².